The first-order valence-corrected chi connectivity index (χ1v) is 7.98. The summed E-state index contributed by atoms with van der Waals surface area (Å²) in [6.45, 7) is 9.32. The molecule has 0 aromatic heterocycles. The van der Waals surface area contributed by atoms with Crippen molar-refractivity contribution >= 4 is 0 Å². The van der Waals surface area contributed by atoms with Crippen molar-refractivity contribution in [2.24, 2.45) is 0 Å². The Hall–Kier alpha value is -1.30. The molecule has 5 nitrogen and oxygen atoms in total. The lowest BCUT2D eigenvalue weighted by molar-refractivity contribution is -0.0786. The molecule has 1 aromatic rings. The zero-order valence-corrected chi connectivity index (χ0v) is 13.7. The van der Waals surface area contributed by atoms with Gasteiger partial charge in [0.15, 0.2) is 0 Å². The van der Waals surface area contributed by atoms with Crippen molar-refractivity contribution < 1.29 is 19.3 Å². The number of rotatable bonds is 7. The van der Waals surface area contributed by atoms with Crippen molar-refractivity contribution in [3.05, 3.63) is 24.3 Å². The Balaban J connectivity index is 1.73. The maximum Gasteiger partial charge on any atom is 0.119 e. The lowest BCUT2D eigenvalue weighted by Gasteiger charge is -2.36. The molecule has 2 rings (SSSR count). The fourth-order valence-corrected chi connectivity index (χ4v) is 2.78. The van der Waals surface area contributed by atoms with Crippen LogP contribution in [-0.4, -0.2) is 61.2 Å². The zero-order chi connectivity index (χ0) is 15.9. The Kier molecular flexibility index (Phi) is 6.49. The van der Waals surface area contributed by atoms with E-state index < -0.39 is 6.10 Å². The second-order valence-electron chi connectivity index (χ2n) is 5.85. The molecular weight excluding hydrogens is 282 g/mol. The van der Waals surface area contributed by atoms with Gasteiger partial charge in [0.05, 0.1) is 18.8 Å². The number of ether oxygens (including phenoxy) is 3. The summed E-state index contributed by atoms with van der Waals surface area (Å²) in [4.78, 5) is 2.23. The van der Waals surface area contributed by atoms with Gasteiger partial charge in [-0.15, -0.1) is 0 Å². The molecule has 1 aliphatic heterocycles. The molecule has 0 spiro atoms. The number of aliphatic hydroxyl groups is 1. The summed E-state index contributed by atoms with van der Waals surface area (Å²) >= 11 is 0. The van der Waals surface area contributed by atoms with Gasteiger partial charge in [-0.1, -0.05) is 0 Å². The Bertz CT molecular complexity index is 427. The van der Waals surface area contributed by atoms with Crippen molar-refractivity contribution in [1.29, 1.82) is 0 Å². The first kappa shape index (κ1) is 17.1. The molecule has 22 heavy (non-hydrogen) atoms. The molecule has 1 fully saturated rings. The largest absolute Gasteiger partial charge is 0.494 e. The monoisotopic (exact) mass is 309 g/mol. The average Bonchev–Trinajstić information content (AvgIpc) is 2.46. The van der Waals surface area contributed by atoms with Crippen LogP contribution in [0.5, 0.6) is 11.5 Å². The maximum absolute atomic E-state index is 10.1. The lowest BCUT2D eigenvalue weighted by atomic mass is 10.2. The highest BCUT2D eigenvalue weighted by molar-refractivity contribution is 5.31. The van der Waals surface area contributed by atoms with E-state index in [0.717, 1.165) is 24.6 Å². The minimum absolute atomic E-state index is 0.211. The number of benzene rings is 1. The fraction of sp³-hybridized carbons (Fsp3) is 0.647. The van der Waals surface area contributed by atoms with E-state index in [-0.39, 0.29) is 18.8 Å². The second kappa shape index (κ2) is 8.36. The van der Waals surface area contributed by atoms with Gasteiger partial charge in [-0.3, -0.25) is 4.90 Å². The summed E-state index contributed by atoms with van der Waals surface area (Å²) in [5.74, 6) is 1.57. The highest BCUT2D eigenvalue weighted by Crippen LogP contribution is 2.18. The molecule has 5 heteroatoms. The Morgan fingerprint density at radius 1 is 1.14 bits per heavy atom. The minimum atomic E-state index is -0.510. The smallest absolute Gasteiger partial charge is 0.119 e. The molecule has 1 aromatic carbocycles. The van der Waals surface area contributed by atoms with Crippen LogP contribution in [0, 0.1) is 0 Å². The van der Waals surface area contributed by atoms with Gasteiger partial charge in [-0.25, -0.2) is 0 Å². The van der Waals surface area contributed by atoms with Crippen molar-refractivity contribution in [1.82, 2.24) is 4.90 Å². The summed E-state index contributed by atoms with van der Waals surface area (Å²) < 4.78 is 16.7. The van der Waals surface area contributed by atoms with Crippen LogP contribution in [0.1, 0.15) is 20.8 Å². The molecule has 1 saturated heterocycles. The third kappa shape index (κ3) is 5.48. The van der Waals surface area contributed by atoms with E-state index >= 15 is 0 Å². The fourth-order valence-electron chi connectivity index (χ4n) is 2.78. The molecule has 0 amide bonds. The van der Waals surface area contributed by atoms with Gasteiger partial charge < -0.3 is 19.3 Å². The third-order valence-electron chi connectivity index (χ3n) is 3.54. The first-order valence-electron chi connectivity index (χ1n) is 7.98. The van der Waals surface area contributed by atoms with E-state index in [1.54, 1.807) is 0 Å². The predicted molar refractivity (Wildman–Crippen MR) is 85.6 cm³/mol. The number of aliphatic hydroxyl groups excluding tert-OH is 1. The number of morpholine rings is 1. The normalized spacial score (nSPS) is 24.0. The maximum atomic E-state index is 10.1. The van der Waals surface area contributed by atoms with Crippen LogP contribution >= 0.6 is 0 Å². The van der Waals surface area contributed by atoms with Gasteiger partial charge in [0, 0.05) is 19.6 Å². The van der Waals surface area contributed by atoms with E-state index in [9.17, 15) is 5.11 Å². The molecule has 1 heterocycles. The Labute approximate surface area is 132 Å². The van der Waals surface area contributed by atoms with Crippen molar-refractivity contribution in [3.63, 3.8) is 0 Å². The van der Waals surface area contributed by atoms with Gasteiger partial charge in [0.1, 0.15) is 24.2 Å². The van der Waals surface area contributed by atoms with Crippen LogP contribution in [0.4, 0.5) is 0 Å². The van der Waals surface area contributed by atoms with Gasteiger partial charge >= 0.3 is 0 Å². The van der Waals surface area contributed by atoms with E-state index in [1.165, 1.54) is 0 Å². The van der Waals surface area contributed by atoms with Crippen molar-refractivity contribution in [2.75, 3.05) is 32.8 Å². The highest BCUT2D eigenvalue weighted by Gasteiger charge is 2.23. The SMILES string of the molecule is CCOc1ccc(OC[C@@H](O)CN2C[C@@H](C)O[C@@H](C)C2)cc1. The Morgan fingerprint density at radius 3 is 2.23 bits per heavy atom. The Morgan fingerprint density at radius 2 is 1.68 bits per heavy atom. The summed E-state index contributed by atoms with van der Waals surface area (Å²) in [5, 5.41) is 10.1. The minimum Gasteiger partial charge on any atom is -0.494 e. The molecular formula is C17H27NO4. The molecule has 0 unspecified atom stereocenters. The second-order valence-corrected chi connectivity index (χ2v) is 5.85. The van der Waals surface area contributed by atoms with E-state index in [1.807, 2.05) is 31.2 Å². The van der Waals surface area contributed by atoms with Crippen LogP contribution in [-0.2, 0) is 4.74 Å². The molecule has 124 valence electrons. The van der Waals surface area contributed by atoms with Gasteiger partial charge in [0.2, 0.25) is 0 Å². The van der Waals surface area contributed by atoms with Crippen LogP contribution < -0.4 is 9.47 Å². The molecule has 0 saturated carbocycles. The zero-order valence-electron chi connectivity index (χ0n) is 13.7. The number of β-amino-alcohol motifs (C(OH)–C–C–N with tert-alkyl or cyclic N) is 1. The van der Waals surface area contributed by atoms with E-state index in [0.29, 0.717) is 13.2 Å². The summed E-state index contributed by atoms with van der Waals surface area (Å²) in [5.41, 5.74) is 0. The van der Waals surface area contributed by atoms with Gasteiger partial charge in [-0.2, -0.15) is 0 Å². The quantitative estimate of drug-likeness (QED) is 0.834. The molecule has 3 atom stereocenters. The average molecular weight is 309 g/mol. The molecule has 0 radical (unpaired) electrons. The molecule has 0 bridgehead atoms. The van der Waals surface area contributed by atoms with E-state index in [4.69, 9.17) is 14.2 Å². The van der Waals surface area contributed by atoms with Crippen molar-refractivity contribution in [3.8, 4) is 11.5 Å². The van der Waals surface area contributed by atoms with Gasteiger partial charge in [0.25, 0.3) is 0 Å². The van der Waals surface area contributed by atoms with Crippen LogP contribution in [0.25, 0.3) is 0 Å². The highest BCUT2D eigenvalue weighted by atomic mass is 16.5. The molecule has 0 aliphatic carbocycles. The lowest BCUT2D eigenvalue weighted by Crippen LogP contribution is -2.48. The summed E-state index contributed by atoms with van der Waals surface area (Å²) in [6.07, 6.45) is -0.0879. The first-order chi connectivity index (χ1) is 10.6. The van der Waals surface area contributed by atoms with Gasteiger partial charge in [-0.05, 0) is 45.0 Å². The molecule has 1 aliphatic rings. The number of hydrogen-bond donors (Lipinski definition) is 1. The van der Waals surface area contributed by atoms with Crippen molar-refractivity contribution in [2.45, 2.75) is 39.1 Å². The number of nitrogens with zero attached hydrogens (tertiary/aromatic N) is 1. The third-order valence-corrected chi connectivity index (χ3v) is 3.54. The number of hydrogen-bond acceptors (Lipinski definition) is 5. The standard InChI is InChI=1S/C17H27NO4/c1-4-20-16-5-7-17(8-6-16)21-12-15(19)11-18-9-13(2)22-14(3)10-18/h5-8,13-15,19H,4,9-12H2,1-3H3/t13-,14+,15-/m0/s1. The van der Waals surface area contributed by atoms with E-state index in [2.05, 4.69) is 18.7 Å². The topological polar surface area (TPSA) is 51.2 Å². The van der Waals surface area contributed by atoms with Crippen LogP contribution in [0.2, 0.25) is 0 Å². The summed E-state index contributed by atoms with van der Waals surface area (Å²) in [7, 11) is 0. The predicted octanol–water partition coefficient (Wildman–Crippen LogP) is 1.93. The molecule has 1 N–H and O–H groups in total. The summed E-state index contributed by atoms with van der Waals surface area (Å²) in [6, 6.07) is 7.46. The van der Waals surface area contributed by atoms with Crippen LogP contribution in [0.15, 0.2) is 24.3 Å². The van der Waals surface area contributed by atoms with Crippen LogP contribution in [0.3, 0.4) is 0 Å².